The van der Waals surface area contributed by atoms with Crippen molar-refractivity contribution in [3.63, 3.8) is 0 Å². The molecule has 0 bridgehead atoms. The summed E-state index contributed by atoms with van der Waals surface area (Å²) in [6.45, 7) is 2.17. The number of thiocarbonyl (C=S) groups is 1. The van der Waals surface area contributed by atoms with Gasteiger partial charge in [-0.3, -0.25) is 4.98 Å². The fourth-order valence-electron chi connectivity index (χ4n) is 2.33. The van der Waals surface area contributed by atoms with E-state index in [0.29, 0.717) is 4.99 Å². The molecule has 2 rings (SSSR count). The van der Waals surface area contributed by atoms with E-state index in [1.807, 2.05) is 6.07 Å². The van der Waals surface area contributed by atoms with E-state index in [0.717, 1.165) is 24.5 Å². The highest BCUT2D eigenvalue weighted by molar-refractivity contribution is 7.80. The van der Waals surface area contributed by atoms with E-state index < -0.39 is 0 Å². The SMILES string of the molecule is NC(=S)c1ncccc1N1CCCCCCC1. The second-order valence-corrected chi connectivity index (χ2v) is 4.93. The zero-order valence-electron chi connectivity index (χ0n) is 10.1. The van der Waals surface area contributed by atoms with Crippen LogP contribution in [0.3, 0.4) is 0 Å². The fraction of sp³-hybridized carbons (Fsp3) is 0.538. The van der Waals surface area contributed by atoms with E-state index in [4.69, 9.17) is 18.0 Å². The maximum Gasteiger partial charge on any atom is 0.124 e. The molecule has 1 fully saturated rings. The molecule has 2 heterocycles. The lowest BCUT2D eigenvalue weighted by Gasteiger charge is -2.28. The molecule has 0 spiro atoms. The number of hydrogen-bond donors (Lipinski definition) is 1. The molecule has 0 aromatic carbocycles. The molecule has 0 unspecified atom stereocenters. The highest BCUT2D eigenvalue weighted by Crippen LogP contribution is 2.21. The Balaban J connectivity index is 2.21. The van der Waals surface area contributed by atoms with E-state index in [9.17, 15) is 0 Å². The molecule has 1 aromatic rings. The molecule has 92 valence electrons. The highest BCUT2D eigenvalue weighted by atomic mass is 32.1. The molecule has 0 amide bonds. The molecular weight excluding hydrogens is 230 g/mol. The lowest BCUT2D eigenvalue weighted by atomic mass is 10.1. The van der Waals surface area contributed by atoms with Gasteiger partial charge >= 0.3 is 0 Å². The van der Waals surface area contributed by atoms with Gasteiger partial charge in [-0.1, -0.05) is 31.5 Å². The third kappa shape index (κ3) is 3.16. The first-order valence-corrected chi connectivity index (χ1v) is 6.69. The molecule has 2 N–H and O–H groups in total. The van der Waals surface area contributed by atoms with Crippen LogP contribution in [0.2, 0.25) is 0 Å². The lowest BCUT2D eigenvalue weighted by molar-refractivity contribution is 0.556. The van der Waals surface area contributed by atoms with Crippen LogP contribution in [0.25, 0.3) is 0 Å². The van der Waals surface area contributed by atoms with Crippen LogP contribution < -0.4 is 10.6 Å². The summed E-state index contributed by atoms with van der Waals surface area (Å²) in [7, 11) is 0. The predicted octanol–water partition coefficient (Wildman–Crippen LogP) is 2.49. The normalized spacial score (nSPS) is 17.3. The molecule has 0 aliphatic carbocycles. The summed E-state index contributed by atoms with van der Waals surface area (Å²) in [5.41, 5.74) is 7.60. The van der Waals surface area contributed by atoms with Crippen LogP contribution in [-0.2, 0) is 0 Å². The summed E-state index contributed by atoms with van der Waals surface area (Å²) in [5, 5.41) is 0. The Kier molecular flexibility index (Phi) is 4.31. The Bertz CT molecular complexity index is 384. The molecular formula is C13H19N3S. The van der Waals surface area contributed by atoms with Crippen LogP contribution in [0.5, 0.6) is 0 Å². The molecule has 4 heteroatoms. The van der Waals surface area contributed by atoms with Crippen molar-refractivity contribution in [1.29, 1.82) is 0 Å². The minimum atomic E-state index is 0.391. The topological polar surface area (TPSA) is 42.1 Å². The summed E-state index contributed by atoms with van der Waals surface area (Å²) < 4.78 is 0. The lowest BCUT2D eigenvalue weighted by Crippen LogP contribution is -2.29. The third-order valence-corrected chi connectivity index (χ3v) is 3.41. The van der Waals surface area contributed by atoms with E-state index in [2.05, 4.69) is 16.0 Å². The minimum Gasteiger partial charge on any atom is -0.388 e. The maximum absolute atomic E-state index is 5.73. The van der Waals surface area contributed by atoms with Crippen LogP contribution in [-0.4, -0.2) is 23.1 Å². The monoisotopic (exact) mass is 249 g/mol. The molecule has 1 aliphatic rings. The largest absolute Gasteiger partial charge is 0.388 e. The molecule has 0 saturated carbocycles. The van der Waals surface area contributed by atoms with Gasteiger partial charge in [0.05, 0.1) is 5.69 Å². The van der Waals surface area contributed by atoms with Crippen LogP contribution in [0.15, 0.2) is 18.3 Å². The van der Waals surface area contributed by atoms with Gasteiger partial charge in [-0.05, 0) is 25.0 Å². The molecule has 1 saturated heterocycles. The van der Waals surface area contributed by atoms with Gasteiger partial charge in [0.2, 0.25) is 0 Å². The Morgan fingerprint density at radius 2 is 1.82 bits per heavy atom. The van der Waals surface area contributed by atoms with Crippen LogP contribution >= 0.6 is 12.2 Å². The Morgan fingerprint density at radius 1 is 1.18 bits per heavy atom. The van der Waals surface area contributed by atoms with Gasteiger partial charge in [0.25, 0.3) is 0 Å². The summed E-state index contributed by atoms with van der Waals surface area (Å²) in [4.78, 5) is 7.07. The first-order chi connectivity index (χ1) is 8.29. The van der Waals surface area contributed by atoms with E-state index in [1.54, 1.807) is 6.20 Å². The second kappa shape index (κ2) is 5.96. The van der Waals surface area contributed by atoms with Crippen molar-refractivity contribution >= 4 is 22.9 Å². The molecule has 1 aliphatic heterocycles. The van der Waals surface area contributed by atoms with Gasteiger partial charge in [0.15, 0.2) is 0 Å². The van der Waals surface area contributed by atoms with Crippen LogP contribution in [0, 0.1) is 0 Å². The summed E-state index contributed by atoms with van der Waals surface area (Å²) >= 11 is 5.07. The number of anilines is 1. The van der Waals surface area contributed by atoms with Gasteiger partial charge in [0, 0.05) is 19.3 Å². The number of nitrogens with zero attached hydrogens (tertiary/aromatic N) is 2. The summed E-state index contributed by atoms with van der Waals surface area (Å²) in [5.74, 6) is 0. The smallest absolute Gasteiger partial charge is 0.124 e. The zero-order valence-corrected chi connectivity index (χ0v) is 10.9. The first kappa shape index (κ1) is 12.3. The number of rotatable bonds is 2. The zero-order chi connectivity index (χ0) is 12.1. The quantitative estimate of drug-likeness (QED) is 0.818. The Hall–Kier alpha value is -1.16. The molecule has 0 radical (unpaired) electrons. The highest BCUT2D eigenvalue weighted by Gasteiger charge is 2.14. The van der Waals surface area contributed by atoms with Gasteiger partial charge in [-0.25, -0.2) is 0 Å². The van der Waals surface area contributed by atoms with Crippen LogP contribution in [0.1, 0.15) is 37.8 Å². The standard InChI is InChI=1S/C13H19N3S/c14-13(17)12-11(7-6-8-15-12)16-9-4-2-1-3-5-10-16/h6-8H,1-5,9-10H2,(H2,14,17). The van der Waals surface area contributed by atoms with Crippen molar-refractivity contribution in [2.75, 3.05) is 18.0 Å². The number of pyridine rings is 1. The molecule has 1 aromatic heterocycles. The van der Waals surface area contributed by atoms with E-state index in [1.165, 1.54) is 32.1 Å². The predicted molar refractivity (Wildman–Crippen MR) is 75.4 cm³/mol. The second-order valence-electron chi connectivity index (χ2n) is 4.49. The summed E-state index contributed by atoms with van der Waals surface area (Å²) in [6, 6.07) is 4.03. The fourth-order valence-corrected chi connectivity index (χ4v) is 2.49. The van der Waals surface area contributed by atoms with Crippen molar-refractivity contribution in [3.8, 4) is 0 Å². The van der Waals surface area contributed by atoms with Crippen molar-refractivity contribution < 1.29 is 0 Å². The average Bonchev–Trinajstić information content (AvgIpc) is 2.28. The van der Waals surface area contributed by atoms with Crippen LogP contribution in [0.4, 0.5) is 5.69 Å². The molecule has 3 nitrogen and oxygen atoms in total. The van der Waals surface area contributed by atoms with Crippen molar-refractivity contribution in [1.82, 2.24) is 4.98 Å². The summed E-state index contributed by atoms with van der Waals surface area (Å²) in [6.07, 6.45) is 8.24. The molecule has 0 atom stereocenters. The van der Waals surface area contributed by atoms with Gasteiger partial charge in [-0.2, -0.15) is 0 Å². The van der Waals surface area contributed by atoms with Crippen molar-refractivity contribution in [3.05, 3.63) is 24.0 Å². The Labute approximate surface area is 108 Å². The number of hydrogen-bond acceptors (Lipinski definition) is 3. The van der Waals surface area contributed by atoms with Gasteiger partial charge in [0.1, 0.15) is 10.7 Å². The van der Waals surface area contributed by atoms with Gasteiger partial charge < -0.3 is 10.6 Å². The average molecular weight is 249 g/mol. The van der Waals surface area contributed by atoms with Crippen molar-refractivity contribution in [2.45, 2.75) is 32.1 Å². The van der Waals surface area contributed by atoms with Crippen molar-refractivity contribution in [2.24, 2.45) is 5.73 Å². The minimum absolute atomic E-state index is 0.391. The van der Waals surface area contributed by atoms with E-state index >= 15 is 0 Å². The van der Waals surface area contributed by atoms with Gasteiger partial charge in [-0.15, -0.1) is 0 Å². The molecule has 17 heavy (non-hydrogen) atoms. The Morgan fingerprint density at radius 3 is 2.47 bits per heavy atom. The first-order valence-electron chi connectivity index (χ1n) is 6.29. The third-order valence-electron chi connectivity index (χ3n) is 3.22. The number of nitrogens with two attached hydrogens (primary N) is 1. The van der Waals surface area contributed by atoms with E-state index in [-0.39, 0.29) is 0 Å². The number of aromatic nitrogens is 1. The maximum atomic E-state index is 5.73.